The number of aromatic nitrogens is 1. The lowest BCUT2D eigenvalue weighted by molar-refractivity contribution is 0.169. The molecule has 1 heterocycles. The summed E-state index contributed by atoms with van der Waals surface area (Å²) in [6, 6.07) is 3.85. The minimum atomic E-state index is -0.416. The third-order valence-corrected chi connectivity index (χ3v) is 2.44. The van der Waals surface area contributed by atoms with Crippen LogP contribution in [-0.4, -0.2) is 16.3 Å². The minimum Gasteiger partial charge on any atom is -0.387 e. The number of rotatable bonds is 3. The summed E-state index contributed by atoms with van der Waals surface area (Å²) >= 11 is 1.65. The summed E-state index contributed by atoms with van der Waals surface area (Å²) in [5.41, 5.74) is 0.760. The van der Waals surface area contributed by atoms with Gasteiger partial charge in [-0.1, -0.05) is 6.92 Å². The molecule has 0 radical (unpaired) electrons. The number of aliphatic hydroxyl groups is 1. The summed E-state index contributed by atoms with van der Waals surface area (Å²) in [6.45, 7) is 1.94. The van der Waals surface area contributed by atoms with E-state index in [0.717, 1.165) is 10.6 Å². The number of nitrogens with zero attached hydrogens (tertiary/aromatic N) is 1. The third kappa shape index (κ3) is 2.22. The molecule has 66 valence electrons. The molecule has 0 spiro atoms. The topological polar surface area (TPSA) is 33.1 Å². The molecule has 0 aliphatic rings. The van der Waals surface area contributed by atoms with Crippen molar-refractivity contribution in [2.24, 2.45) is 0 Å². The molecule has 1 rings (SSSR count). The van der Waals surface area contributed by atoms with Gasteiger partial charge < -0.3 is 5.11 Å². The van der Waals surface area contributed by atoms with Crippen molar-refractivity contribution in [1.29, 1.82) is 0 Å². The quantitative estimate of drug-likeness (QED) is 0.730. The Hall–Kier alpha value is -0.540. The van der Waals surface area contributed by atoms with Crippen molar-refractivity contribution >= 4 is 11.8 Å². The molecular formula is C9H13NOS. The predicted octanol–water partition coefficient (Wildman–Crippen LogP) is 2.25. The minimum absolute atomic E-state index is 0.416. The first-order valence-electron chi connectivity index (χ1n) is 3.96. The molecule has 0 amide bonds. The van der Waals surface area contributed by atoms with Crippen molar-refractivity contribution in [3.63, 3.8) is 0 Å². The van der Waals surface area contributed by atoms with E-state index in [1.165, 1.54) is 0 Å². The summed E-state index contributed by atoms with van der Waals surface area (Å²) in [6.07, 6.45) is 4.10. The van der Waals surface area contributed by atoms with Gasteiger partial charge in [0, 0.05) is 11.1 Å². The molecule has 3 heteroatoms. The molecule has 1 aromatic rings. The molecule has 1 N–H and O–H groups in total. The molecule has 0 aromatic carbocycles. The molecule has 1 atom stereocenters. The normalized spacial score (nSPS) is 12.9. The Labute approximate surface area is 77.0 Å². The maximum absolute atomic E-state index is 9.42. The van der Waals surface area contributed by atoms with Crippen molar-refractivity contribution in [3.05, 3.63) is 24.0 Å². The van der Waals surface area contributed by atoms with Gasteiger partial charge in [-0.2, -0.15) is 0 Å². The first kappa shape index (κ1) is 9.55. The molecule has 0 aliphatic carbocycles. The Balaban J connectivity index is 2.77. The van der Waals surface area contributed by atoms with E-state index >= 15 is 0 Å². The van der Waals surface area contributed by atoms with E-state index < -0.39 is 6.10 Å². The molecule has 2 nitrogen and oxygen atoms in total. The zero-order chi connectivity index (χ0) is 8.97. The van der Waals surface area contributed by atoms with E-state index in [9.17, 15) is 5.11 Å². The van der Waals surface area contributed by atoms with Crippen molar-refractivity contribution in [3.8, 4) is 0 Å². The van der Waals surface area contributed by atoms with Crippen LogP contribution in [0.4, 0.5) is 0 Å². The highest BCUT2D eigenvalue weighted by atomic mass is 32.2. The summed E-state index contributed by atoms with van der Waals surface area (Å²) in [4.78, 5) is 5.28. The molecule has 0 saturated heterocycles. The number of aliphatic hydroxyl groups excluding tert-OH is 1. The molecule has 1 aromatic heterocycles. The van der Waals surface area contributed by atoms with Gasteiger partial charge in [0.15, 0.2) is 0 Å². The van der Waals surface area contributed by atoms with Gasteiger partial charge >= 0.3 is 0 Å². The van der Waals surface area contributed by atoms with Gasteiger partial charge in [-0.3, -0.25) is 4.98 Å². The van der Waals surface area contributed by atoms with Gasteiger partial charge in [-0.25, -0.2) is 0 Å². The average Bonchev–Trinajstić information content (AvgIpc) is 2.17. The zero-order valence-electron chi connectivity index (χ0n) is 7.32. The van der Waals surface area contributed by atoms with Gasteiger partial charge in [0.25, 0.3) is 0 Å². The smallest absolute Gasteiger partial charge is 0.0957 e. The lowest BCUT2D eigenvalue weighted by Crippen LogP contribution is -1.97. The first-order chi connectivity index (χ1) is 5.77. The van der Waals surface area contributed by atoms with Crippen LogP contribution in [0.25, 0.3) is 0 Å². The molecule has 0 aliphatic heterocycles. The van der Waals surface area contributed by atoms with E-state index in [1.54, 1.807) is 18.0 Å². The fourth-order valence-corrected chi connectivity index (χ4v) is 1.28. The predicted molar refractivity (Wildman–Crippen MR) is 51.3 cm³/mol. The summed E-state index contributed by atoms with van der Waals surface area (Å²) in [7, 11) is 0. The van der Waals surface area contributed by atoms with Gasteiger partial charge in [0.1, 0.15) is 0 Å². The maximum Gasteiger partial charge on any atom is 0.0957 e. The fraction of sp³-hybridized carbons (Fsp3) is 0.444. The Morgan fingerprint density at radius 3 is 2.75 bits per heavy atom. The van der Waals surface area contributed by atoms with Gasteiger partial charge in [-0.05, 0) is 24.8 Å². The molecule has 0 bridgehead atoms. The van der Waals surface area contributed by atoms with Crippen LogP contribution in [0.1, 0.15) is 25.1 Å². The SMILES string of the molecule is CC[C@@H](O)c1ccc(SC)cn1. The summed E-state index contributed by atoms with van der Waals surface area (Å²) < 4.78 is 0. The van der Waals surface area contributed by atoms with Crippen LogP contribution >= 0.6 is 11.8 Å². The van der Waals surface area contributed by atoms with E-state index in [4.69, 9.17) is 0 Å². The lowest BCUT2D eigenvalue weighted by Gasteiger charge is -2.06. The highest BCUT2D eigenvalue weighted by Crippen LogP contribution is 2.17. The van der Waals surface area contributed by atoms with Crippen LogP contribution < -0.4 is 0 Å². The van der Waals surface area contributed by atoms with Crippen LogP contribution in [0.5, 0.6) is 0 Å². The second kappa shape index (κ2) is 4.48. The van der Waals surface area contributed by atoms with Gasteiger partial charge in [0.05, 0.1) is 11.8 Å². The van der Waals surface area contributed by atoms with Crippen LogP contribution in [-0.2, 0) is 0 Å². The molecule has 0 unspecified atom stereocenters. The molecular weight excluding hydrogens is 170 g/mol. The maximum atomic E-state index is 9.42. The Morgan fingerprint density at radius 1 is 1.58 bits per heavy atom. The van der Waals surface area contributed by atoms with E-state index in [0.29, 0.717) is 6.42 Å². The highest BCUT2D eigenvalue weighted by molar-refractivity contribution is 7.98. The van der Waals surface area contributed by atoms with E-state index in [1.807, 2.05) is 25.3 Å². The van der Waals surface area contributed by atoms with Crippen molar-refractivity contribution in [2.75, 3.05) is 6.26 Å². The number of pyridine rings is 1. The monoisotopic (exact) mass is 183 g/mol. The number of hydrogen-bond donors (Lipinski definition) is 1. The van der Waals surface area contributed by atoms with E-state index in [-0.39, 0.29) is 0 Å². The second-order valence-electron chi connectivity index (χ2n) is 2.55. The summed E-state index contributed by atoms with van der Waals surface area (Å²) in [5.74, 6) is 0. The van der Waals surface area contributed by atoms with E-state index in [2.05, 4.69) is 4.98 Å². The fourth-order valence-electron chi connectivity index (χ4n) is 0.919. The third-order valence-electron chi connectivity index (χ3n) is 1.72. The molecule has 0 fully saturated rings. The Bertz CT molecular complexity index is 235. The lowest BCUT2D eigenvalue weighted by atomic mass is 10.2. The van der Waals surface area contributed by atoms with Crippen molar-refractivity contribution in [2.45, 2.75) is 24.3 Å². The second-order valence-corrected chi connectivity index (χ2v) is 3.43. The average molecular weight is 183 g/mol. The van der Waals surface area contributed by atoms with Crippen LogP contribution in [0.2, 0.25) is 0 Å². The first-order valence-corrected chi connectivity index (χ1v) is 5.18. The number of hydrogen-bond acceptors (Lipinski definition) is 3. The van der Waals surface area contributed by atoms with Crippen molar-refractivity contribution < 1.29 is 5.11 Å². The molecule has 0 saturated carbocycles. The Kier molecular flexibility index (Phi) is 3.56. The standard InChI is InChI=1S/C9H13NOS/c1-3-9(11)8-5-4-7(12-2)6-10-8/h4-6,9,11H,3H2,1-2H3/t9-/m1/s1. The zero-order valence-corrected chi connectivity index (χ0v) is 8.14. The molecule has 12 heavy (non-hydrogen) atoms. The summed E-state index contributed by atoms with van der Waals surface area (Å²) in [5, 5.41) is 9.42. The van der Waals surface area contributed by atoms with Gasteiger partial charge in [0.2, 0.25) is 0 Å². The Morgan fingerprint density at radius 2 is 2.33 bits per heavy atom. The van der Waals surface area contributed by atoms with Crippen LogP contribution in [0.15, 0.2) is 23.2 Å². The largest absolute Gasteiger partial charge is 0.387 e. The van der Waals surface area contributed by atoms with Crippen molar-refractivity contribution in [1.82, 2.24) is 4.98 Å². The number of thioether (sulfide) groups is 1. The van der Waals surface area contributed by atoms with Crippen LogP contribution in [0, 0.1) is 0 Å². The van der Waals surface area contributed by atoms with Gasteiger partial charge in [-0.15, -0.1) is 11.8 Å². The highest BCUT2D eigenvalue weighted by Gasteiger charge is 2.04. The van der Waals surface area contributed by atoms with Crippen LogP contribution in [0.3, 0.4) is 0 Å².